The number of aromatic nitrogens is 3. The van der Waals surface area contributed by atoms with E-state index in [0.29, 0.717) is 84.1 Å². The number of nitrogens with zero attached hydrogens (tertiary/aromatic N) is 6. The van der Waals surface area contributed by atoms with Gasteiger partial charge < -0.3 is 20.3 Å². The topological polar surface area (TPSA) is 136 Å². The normalized spacial score (nSPS) is 28.2. The largest absolute Gasteiger partial charge is 0.493 e. The lowest BCUT2D eigenvalue weighted by molar-refractivity contribution is -0.128. The molecule has 4 aromatic rings. The van der Waals surface area contributed by atoms with Crippen molar-refractivity contribution in [2.75, 3.05) is 61.5 Å². The summed E-state index contributed by atoms with van der Waals surface area (Å²) >= 11 is 6.37. The van der Waals surface area contributed by atoms with Gasteiger partial charge in [-0.2, -0.15) is 0 Å². The molecule has 7 aliphatic rings. The standard InChI is InChI=1S/C43H47ClF3N9O4/c1-48-34-18-38(52-56-37(19-49-40(34)56)41(58)50-33-17-32(33)45)54-11-8-29-28(3-2-4-35(29)54)30-15-25(23-13-24(30)14-23)20-53-10-7-26(43(46,47)22-53)21-60-27-5-6-31(44)36(16-27)55-12-9-39(57)51-42(55)59/h2-6,16,18-19,23-26,30,32-33,48H,7-15,17,20-22H2,1H3,(H,50,58)(H,51,57,59)/t23?,24?,25?,26?,30?,32-,33+/m0/s1. The number of carbonyl (C=O) groups is 3. The van der Waals surface area contributed by atoms with Gasteiger partial charge in [0.15, 0.2) is 17.2 Å². The number of hydrogen-bond donors (Lipinski definition) is 3. The molecule has 0 radical (unpaired) electrons. The van der Waals surface area contributed by atoms with E-state index in [4.69, 9.17) is 21.4 Å². The lowest BCUT2D eigenvalue weighted by Crippen LogP contribution is -2.53. The van der Waals surface area contributed by atoms with Crippen molar-refractivity contribution >= 4 is 58.0 Å². The van der Waals surface area contributed by atoms with Crippen molar-refractivity contribution in [3.63, 3.8) is 0 Å². The molecule has 4 saturated carbocycles. The van der Waals surface area contributed by atoms with Crippen LogP contribution < -0.4 is 30.5 Å². The van der Waals surface area contributed by atoms with Gasteiger partial charge in [-0.1, -0.05) is 23.7 Å². The van der Waals surface area contributed by atoms with Crippen LogP contribution in [-0.2, 0) is 11.2 Å². The van der Waals surface area contributed by atoms with E-state index in [9.17, 15) is 18.8 Å². The summed E-state index contributed by atoms with van der Waals surface area (Å²) < 4.78 is 52.7. The first-order chi connectivity index (χ1) is 28.9. The van der Waals surface area contributed by atoms with E-state index in [1.54, 1.807) is 25.2 Å². The van der Waals surface area contributed by atoms with Crippen molar-refractivity contribution in [2.45, 2.75) is 69.0 Å². The lowest BCUT2D eigenvalue weighted by atomic mass is 9.53. The van der Waals surface area contributed by atoms with Gasteiger partial charge in [-0.05, 0) is 91.6 Å². The number of amides is 4. The zero-order chi connectivity index (χ0) is 41.4. The third-order valence-electron chi connectivity index (χ3n) is 13.8. The van der Waals surface area contributed by atoms with Gasteiger partial charge in [0.1, 0.15) is 11.9 Å². The number of imidazole rings is 1. The van der Waals surface area contributed by atoms with Crippen molar-refractivity contribution in [1.29, 1.82) is 0 Å². The number of rotatable bonds is 11. The molecule has 11 rings (SSSR count). The molecule has 13 nitrogen and oxygen atoms in total. The van der Waals surface area contributed by atoms with Crippen LogP contribution in [0.25, 0.3) is 5.65 Å². The van der Waals surface area contributed by atoms with Crippen molar-refractivity contribution in [1.82, 2.24) is 30.1 Å². The zero-order valence-electron chi connectivity index (χ0n) is 33.2. The molecule has 4 aliphatic carbocycles. The first kappa shape index (κ1) is 39.1. The number of nitrogens with one attached hydrogen (secondary N) is 3. The van der Waals surface area contributed by atoms with Crippen LogP contribution in [0.1, 0.15) is 66.1 Å². The lowest BCUT2D eigenvalue weighted by Gasteiger charge is -2.53. The van der Waals surface area contributed by atoms with Gasteiger partial charge in [0, 0.05) is 57.3 Å². The van der Waals surface area contributed by atoms with E-state index >= 15 is 8.78 Å². The van der Waals surface area contributed by atoms with E-state index in [1.165, 1.54) is 26.7 Å². The highest BCUT2D eigenvalue weighted by Crippen LogP contribution is 2.57. The Hall–Kier alpha value is -5.09. The summed E-state index contributed by atoms with van der Waals surface area (Å²) in [4.78, 5) is 47.1. The summed E-state index contributed by atoms with van der Waals surface area (Å²) in [5, 5.41) is 13.4. The highest BCUT2D eigenvalue weighted by Gasteiger charge is 2.50. The molecule has 2 aromatic heterocycles. The number of hydrogen-bond acceptors (Lipinski definition) is 9. The average molecular weight is 846 g/mol. The highest BCUT2D eigenvalue weighted by atomic mass is 35.5. The summed E-state index contributed by atoms with van der Waals surface area (Å²) in [6, 6.07) is 12.1. The van der Waals surface area contributed by atoms with Crippen LogP contribution in [0.2, 0.25) is 5.02 Å². The van der Waals surface area contributed by atoms with Gasteiger partial charge >= 0.3 is 6.03 Å². The Morgan fingerprint density at radius 3 is 2.60 bits per heavy atom. The molecule has 5 heterocycles. The van der Waals surface area contributed by atoms with Crippen LogP contribution >= 0.6 is 11.6 Å². The maximum Gasteiger partial charge on any atom is 0.328 e. The Kier molecular flexibility index (Phi) is 9.85. The molecule has 3 N–H and O–H groups in total. The molecule has 3 aliphatic heterocycles. The number of ether oxygens (including phenoxy) is 1. The number of imide groups is 1. The number of anilines is 4. The van der Waals surface area contributed by atoms with E-state index in [0.717, 1.165) is 37.1 Å². The number of fused-ring (bicyclic) bond motifs is 4. The van der Waals surface area contributed by atoms with Crippen molar-refractivity contribution in [3.05, 3.63) is 70.5 Å². The van der Waals surface area contributed by atoms with Gasteiger partial charge in [-0.25, -0.2) is 27.5 Å². The third-order valence-corrected chi connectivity index (χ3v) is 14.1. The molecule has 6 fully saturated rings. The molecule has 5 atom stereocenters. The Labute approximate surface area is 349 Å². The fraction of sp³-hybridized carbons (Fsp3) is 0.512. The Bertz CT molecular complexity index is 2370. The molecule has 0 spiro atoms. The number of piperidine rings is 1. The molecule has 60 heavy (non-hydrogen) atoms. The second-order valence-corrected chi connectivity index (χ2v) is 17.8. The molecule has 3 unspecified atom stereocenters. The van der Waals surface area contributed by atoms with E-state index in [-0.39, 0.29) is 37.7 Å². The second-order valence-electron chi connectivity index (χ2n) is 17.4. The van der Waals surface area contributed by atoms with E-state index in [1.807, 2.05) is 11.0 Å². The van der Waals surface area contributed by atoms with E-state index < -0.39 is 36.0 Å². The molecular formula is C43H47ClF3N9O4. The SMILES string of the molecule is CNc1cc(N2CCc3c(C4CC(CN5CCC(COc6ccc(Cl)c(N7CCC(=O)NC7=O)c6)C(F)(F)C5)C5CC4C5)cccc32)nn2c(C(=O)N[C@@H]3C[C@@H]3F)cnc12. The first-order valence-electron chi connectivity index (χ1n) is 21.0. The quantitative estimate of drug-likeness (QED) is 0.153. The predicted molar refractivity (Wildman–Crippen MR) is 219 cm³/mol. The summed E-state index contributed by atoms with van der Waals surface area (Å²) in [7, 11) is 1.80. The molecule has 17 heteroatoms. The molecule has 316 valence electrons. The van der Waals surface area contributed by atoms with Crippen LogP contribution in [0.15, 0.2) is 48.7 Å². The van der Waals surface area contributed by atoms with Gasteiger partial charge in [-0.3, -0.25) is 24.7 Å². The van der Waals surface area contributed by atoms with Gasteiger partial charge in [-0.15, -0.1) is 5.10 Å². The summed E-state index contributed by atoms with van der Waals surface area (Å²) in [5.74, 6) is -1.89. The Balaban J connectivity index is 0.799. The molecule has 2 saturated heterocycles. The zero-order valence-corrected chi connectivity index (χ0v) is 33.9. The van der Waals surface area contributed by atoms with Crippen molar-refractivity contribution in [2.24, 2.45) is 23.7 Å². The summed E-state index contributed by atoms with van der Waals surface area (Å²) in [6.45, 7) is 1.60. The Morgan fingerprint density at radius 2 is 1.83 bits per heavy atom. The van der Waals surface area contributed by atoms with Crippen molar-refractivity contribution in [3.8, 4) is 5.75 Å². The van der Waals surface area contributed by atoms with Crippen LogP contribution in [0.4, 0.5) is 40.8 Å². The van der Waals surface area contributed by atoms with Crippen LogP contribution in [0.3, 0.4) is 0 Å². The van der Waals surface area contributed by atoms with E-state index in [2.05, 4.69) is 44.0 Å². The summed E-state index contributed by atoms with van der Waals surface area (Å²) in [6.07, 6.45) is 5.22. The number of carbonyl (C=O) groups excluding carboxylic acids is 3. The van der Waals surface area contributed by atoms with Gasteiger partial charge in [0.05, 0.1) is 47.7 Å². The average Bonchev–Trinajstić information content (AvgIpc) is 3.53. The minimum absolute atomic E-state index is 0.131. The van der Waals surface area contributed by atoms with Crippen LogP contribution in [-0.4, -0.2) is 102 Å². The molecule has 2 bridgehead atoms. The fourth-order valence-electron chi connectivity index (χ4n) is 10.3. The number of halogens is 4. The maximum absolute atomic E-state index is 15.8. The Morgan fingerprint density at radius 1 is 1.02 bits per heavy atom. The third kappa shape index (κ3) is 7.08. The molecular weight excluding hydrogens is 799 g/mol. The second kappa shape index (κ2) is 15.1. The maximum atomic E-state index is 15.8. The number of benzene rings is 2. The van der Waals surface area contributed by atoms with Crippen LogP contribution in [0.5, 0.6) is 5.75 Å². The predicted octanol–water partition coefficient (Wildman–Crippen LogP) is 6.57. The minimum Gasteiger partial charge on any atom is -0.493 e. The fourth-order valence-corrected chi connectivity index (χ4v) is 10.5. The number of likely N-dealkylation sites (tertiary alicyclic amines) is 1. The van der Waals surface area contributed by atoms with Gasteiger partial charge in [0.2, 0.25) is 5.91 Å². The minimum atomic E-state index is -2.94. The number of urea groups is 1. The van der Waals surface area contributed by atoms with Crippen molar-refractivity contribution < 1.29 is 32.3 Å². The molecule has 4 amide bonds. The highest BCUT2D eigenvalue weighted by molar-refractivity contribution is 6.34. The number of alkyl halides is 3. The van der Waals surface area contributed by atoms with Crippen LogP contribution in [0, 0.1) is 23.7 Å². The smallest absolute Gasteiger partial charge is 0.328 e. The van der Waals surface area contributed by atoms with Gasteiger partial charge in [0.25, 0.3) is 11.8 Å². The first-order valence-corrected chi connectivity index (χ1v) is 21.4. The molecule has 2 aromatic carbocycles. The monoisotopic (exact) mass is 845 g/mol. The summed E-state index contributed by atoms with van der Waals surface area (Å²) in [5.41, 5.74) is 5.55.